The second-order valence-electron chi connectivity index (χ2n) is 3.22. The summed E-state index contributed by atoms with van der Waals surface area (Å²) in [6.07, 6.45) is 3.54. The fraction of sp³-hybridized carbons (Fsp3) is 0.182. The Bertz CT molecular complexity index is 393. The second-order valence-corrected chi connectivity index (χ2v) is 3.22. The van der Waals surface area contributed by atoms with E-state index in [2.05, 4.69) is 34.3 Å². The van der Waals surface area contributed by atoms with Gasteiger partial charge in [0.2, 0.25) is 0 Å². The first-order valence-electron chi connectivity index (χ1n) is 4.64. The molecule has 3 nitrogen and oxygen atoms in total. The van der Waals surface area contributed by atoms with Gasteiger partial charge < -0.3 is 10.3 Å². The first-order chi connectivity index (χ1) is 6.86. The van der Waals surface area contributed by atoms with E-state index >= 15 is 0 Å². The number of nitrogens with zero attached hydrogens (tertiary/aromatic N) is 1. The molecule has 14 heavy (non-hydrogen) atoms. The van der Waals surface area contributed by atoms with Crippen LogP contribution in [0.1, 0.15) is 11.1 Å². The van der Waals surface area contributed by atoms with Gasteiger partial charge in [-0.25, -0.2) is 4.98 Å². The molecule has 0 radical (unpaired) electrons. The van der Waals surface area contributed by atoms with E-state index < -0.39 is 0 Å². The lowest BCUT2D eigenvalue weighted by Gasteiger charge is -2.05. The normalized spacial score (nSPS) is 10.1. The zero-order valence-corrected chi connectivity index (χ0v) is 8.12. The number of aromatic amines is 1. The van der Waals surface area contributed by atoms with E-state index in [1.54, 1.807) is 12.4 Å². The van der Waals surface area contributed by atoms with Crippen LogP contribution < -0.4 is 5.32 Å². The molecule has 0 aliphatic heterocycles. The number of imidazole rings is 1. The molecule has 2 N–H and O–H groups in total. The third-order valence-corrected chi connectivity index (χ3v) is 2.21. The number of nitrogens with one attached hydrogen (secondary N) is 2. The third kappa shape index (κ3) is 1.93. The average molecular weight is 187 g/mol. The van der Waals surface area contributed by atoms with Crippen LogP contribution in [0.15, 0.2) is 36.7 Å². The molecule has 0 spiro atoms. The molecule has 0 fully saturated rings. The summed E-state index contributed by atoms with van der Waals surface area (Å²) in [4.78, 5) is 7.10. The van der Waals surface area contributed by atoms with Crippen LogP contribution in [0.25, 0.3) is 0 Å². The van der Waals surface area contributed by atoms with Crippen molar-refractivity contribution >= 4 is 5.95 Å². The van der Waals surface area contributed by atoms with Gasteiger partial charge in [0.1, 0.15) is 0 Å². The molecule has 2 aromatic rings. The van der Waals surface area contributed by atoms with Crippen molar-refractivity contribution in [1.82, 2.24) is 9.97 Å². The second kappa shape index (κ2) is 3.96. The summed E-state index contributed by atoms with van der Waals surface area (Å²) in [5.41, 5.74) is 2.59. The molecule has 1 heterocycles. The van der Waals surface area contributed by atoms with E-state index in [4.69, 9.17) is 0 Å². The third-order valence-electron chi connectivity index (χ3n) is 2.21. The monoisotopic (exact) mass is 187 g/mol. The molecule has 0 amide bonds. The molecule has 0 unspecified atom stereocenters. The van der Waals surface area contributed by atoms with Crippen molar-refractivity contribution in [2.24, 2.45) is 0 Å². The van der Waals surface area contributed by atoms with Gasteiger partial charge >= 0.3 is 0 Å². The van der Waals surface area contributed by atoms with Crippen molar-refractivity contribution in [2.45, 2.75) is 13.5 Å². The maximum Gasteiger partial charge on any atom is 0.200 e. The van der Waals surface area contributed by atoms with E-state index in [0.29, 0.717) is 0 Å². The molecule has 0 saturated carbocycles. The fourth-order valence-electron chi connectivity index (χ4n) is 1.35. The molecule has 1 aromatic heterocycles. The summed E-state index contributed by atoms with van der Waals surface area (Å²) < 4.78 is 0. The van der Waals surface area contributed by atoms with E-state index in [0.717, 1.165) is 12.5 Å². The lowest BCUT2D eigenvalue weighted by atomic mass is 10.1. The Hall–Kier alpha value is -1.77. The van der Waals surface area contributed by atoms with Gasteiger partial charge in [0.25, 0.3) is 0 Å². The summed E-state index contributed by atoms with van der Waals surface area (Å²) in [7, 11) is 0. The Morgan fingerprint density at radius 1 is 1.36 bits per heavy atom. The summed E-state index contributed by atoms with van der Waals surface area (Å²) >= 11 is 0. The minimum atomic E-state index is 0.806. The van der Waals surface area contributed by atoms with Crippen molar-refractivity contribution in [2.75, 3.05) is 5.32 Å². The molecule has 0 aliphatic rings. The van der Waals surface area contributed by atoms with Gasteiger partial charge in [0.05, 0.1) is 0 Å². The van der Waals surface area contributed by atoms with Gasteiger partial charge in [0, 0.05) is 18.9 Å². The van der Waals surface area contributed by atoms with Crippen LogP contribution in [0.2, 0.25) is 0 Å². The van der Waals surface area contributed by atoms with Crippen molar-refractivity contribution in [3.8, 4) is 0 Å². The van der Waals surface area contributed by atoms with Crippen LogP contribution in [0.4, 0.5) is 5.95 Å². The van der Waals surface area contributed by atoms with Crippen LogP contribution in [0, 0.1) is 6.92 Å². The maximum absolute atomic E-state index is 4.09. The summed E-state index contributed by atoms with van der Waals surface area (Å²) in [6.45, 7) is 2.92. The van der Waals surface area contributed by atoms with E-state index in [9.17, 15) is 0 Å². The Kier molecular flexibility index (Phi) is 2.49. The van der Waals surface area contributed by atoms with Crippen molar-refractivity contribution in [3.63, 3.8) is 0 Å². The highest BCUT2D eigenvalue weighted by Crippen LogP contribution is 2.08. The molecule has 2 rings (SSSR count). The summed E-state index contributed by atoms with van der Waals surface area (Å²) in [5.74, 6) is 0.813. The largest absolute Gasteiger partial charge is 0.352 e. The predicted octanol–water partition coefficient (Wildman–Crippen LogP) is 2.33. The highest BCUT2D eigenvalue weighted by molar-refractivity contribution is 5.31. The van der Waals surface area contributed by atoms with Crippen LogP contribution in [-0.4, -0.2) is 9.97 Å². The predicted molar refractivity (Wildman–Crippen MR) is 57.1 cm³/mol. The first-order valence-corrected chi connectivity index (χ1v) is 4.64. The van der Waals surface area contributed by atoms with Gasteiger partial charge in [0.15, 0.2) is 5.95 Å². The number of benzene rings is 1. The van der Waals surface area contributed by atoms with Gasteiger partial charge in [-0.1, -0.05) is 24.3 Å². The number of hydrogen-bond acceptors (Lipinski definition) is 2. The SMILES string of the molecule is Cc1ccccc1CNc1ncc[nH]1. The molecule has 0 saturated heterocycles. The van der Waals surface area contributed by atoms with E-state index in [-0.39, 0.29) is 0 Å². The van der Waals surface area contributed by atoms with Crippen molar-refractivity contribution < 1.29 is 0 Å². The van der Waals surface area contributed by atoms with Crippen LogP contribution in [0.3, 0.4) is 0 Å². The quantitative estimate of drug-likeness (QED) is 0.774. The highest BCUT2D eigenvalue weighted by atomic mass is 15.1. The Labute approximate surface area is 83.2 Å². The van der Waals surface area contributed by atoms with E-state index in [1.807, 2.05) is 12.1 Å². The molecule has 0 bridgehead atoms. The van der Waals surface area contributed by atoms with Crippen LogP contribution in [0.5, 0.6) is 0 Å². The smallest absolute Gasteiger partial charge is 0.200 e. The number of H-pyrrole nitrogens is 1. The molecule has 0 atom stereocenters. The van der Waals surface area contributed by atoms with E-state index in [1.165, 1.54) is 11.1 Å². The maximum atomic E-state index is 4.09. The molecule has 0 aliphatic carbocycles. The van der Waals surface area contributed by atoms with Gasteiger partial charge in [-0.15, -0.1) is 0 Å². The molecule has 72 valence electrons. The molecular weight excluding hydrogens is 174 g/mol. The van der Waals surface area contributed by atoms with Crippen molar-refractivity contribution in [1.29, 1.82) is 0 Å². The Morgan fingerprint density at radius 3 is 2.93 bits per heavy atom. The number of rotatable bonds is 3. The highest BCUT2D eigenvalue weighted by Gasteiger charge is 1.97. The fourth-order valence-corrected chi connectivity index (χ4v) is 1.35. The van der Waals surface area contributed by atoms with Gasteiger partial charge in [-0.2, -0.15) is 0 Å². The number of aromatic nitrogens is 2. The summed E-state index contributed by atoms with van der Waals surface area (Å²) in [6, 6.07) is 8.32. The Balaban J connectivity index is 2.02. The zero-order valence-electron chi connectivity index (χ0n) is 8.12. The minimum Gasteiger partial charge on any atom is -0.352 e. The van der Waals surface area contributed by atoms with Gasteiger partial charge in [-0.05, 0) is 18.1 Å². The van der Waals surface area contributed by atoms with Crippen LogP contribution >= 0.6 is 0 Å². The number of aryl methyl sites for hydroxylation is 1. The number of hydrogen-bond donors (Lipinski definition) is 2. The first kappa shape index (κ1) is 8.81. The van der Waals surface area contributed by atoms with Crippen LogP contribution in [-0.2, 0) is 6.54 Å². The zero-order chi connectivity index (χ0) is 9.80. The Morgan fingerprint density at radius 2 is 2.21 bits per heavy atom. The van der Waals surface area contributed by atoms with Crippen molar-refractivity contribution in [3.05, 3.63) is 47.8 Å². The molecule has 1 aromatic carbocycles. The number of anilines is 1. The standard InChI is InChI=1S/C11H13N3/c1-9-4-2-3-5-10(9)8-14-11-12-6-7-13-11/h2-7H,8H2,1H3,(H2,12,13,14). The molecular formula is C11H13N3. The lowest BCUT2D eigenvalue weighted by molar-refractivity contribution is 1.07. The molecule has 3 heteroatoms. The average Bonchev–Trinajstić information content (AvgIpc) is 2.69. The minimum absolute atomic E-state index is 0.806. The lowest BCUT2D eigenvalue weighted by Crippen LogP contribution is -2.02. The summed E-state index contributed by atoms with van der Waals surface area (Å²) in [5, 5.41) is 3.22. The van der Waals surface area contributed by atoms with Gasteiger partial charge in [-0.3, -0.25) is 0 Å². The topological polar surface area (TPSA) is 40.7 Å².